The van der Waals surface area contributed by atoms with E-state index in [0.717, 1.165) is 45.9 Å². The largest absolute Gasteiger partial charge is 0.455 e. The molecule has 0 fully saturated rings. The van der Waals surface area contributed by atoms with Gasteiger partial charge in [-0.2, -0.15) is 0 Å². The molecule has 0 unspecified atom stereocenters. The summed E-state index contributed by atoms with van der Waals surface area (Å²) >= 11 is 0. The fourth-order valence-electron chi connectivity index (χ4n) is 4.20. The molecule has 1 aliphatic rings. The summed E-state index contributed by atoms with van der Waals surface area (Å²) in [6, 6.07) is 13.4. The second kappa shape index (κ2) is 10.9. The van der Waals surface area contributed by atoms with Gasteiger partial charge in [0.05, 0.1) is 23.1 Å². The van der Waals surface area contributed by atoms with Crippen LogP contribution in [0.2, 0.25) is 0 Å². The van der Waals surface area contributed by atoms with Crippen LogP contribution in [0, 0.1) is 6.92 Å². The van der Waals surface area contributed by atoms with Crippen molar-refractivity contribution in [1.29, 1.82) is 0 Å². The van der Waals surface area contributed by atoms with Crippen molar-refractivity contribution in [1.82, 2.24) is 24.8 Å². The molecule has 0 spiro atoms. The molecule has 0 saturated heterocycles. The smallest absolute Gasteiger partial charge is 0.246 e. The summed E-state index contributed by atoms with van der Waals surface area (Å²) in [5.74, 6) is 1.90. The Morgan fingerprint density at radius 1 is 1.16 bits per heavy atom. The van der Waals surface area contributed by atoms with Crippen LogP contribution >= 0.6 is 0 Å². The quantitative estimate of drug-likeness (QED) is 0.337. The van der Waals surface area contributed by atoms with E-state index in [4.69, 9.17) is 15.5 Å². The lowest BCUT2D eigenvalue weighted by Crippen LogP contribution is -2.33. The number of aryl methyl sites for hydroxylation is 1. The predicted octanol–water partition coefficient (Wildman–Crippen LogP) is 5.00. The maximum absolute atomic E-state index is 11.9. The zero-order valence-corrected chi connectivity index (χ0v) is 21.0. The topological polar surface area (TPSA) is 119 Å². The third-order valence-electron chi connectivity index (χ3n) is 6.20. The lowest BCUT2D eigenvalue weighted by Gasteiger charge is -2.25. The van der Waals surface area contributed by atoms with E-state index in [0.29, 0.717) is 30.2 Å². The number of aromatic nitrogens is 4. The van der Waals surface area contributed by atoms with E-state index in [2.05, 4.69) is 26.8 Å². The lowest BCUT2D eigenvalue weighted by molar-refractivity contribution is -0.125. The first-order valence-electron chi connectivity index (χ1n) is 12.2. The number of carbonyl (C=O) groups excluding carboxylic acids is 1. The maximum Gasteiger partial charge on any atom is 0.246 e. The van der Waals surface area contributed by atoms with E-state index >= 15 is 0 Å². The summed E-state index contributed by atoms with van der Waals surface area (Å²) in [4.78, 5) is 31.7. The molecule has 0 radical (unpaired) electrons. The van der Waals surface area contributed by atoms with Crippen molar-refractivity contribution in [3.05, 3.63) is 96.9 Å². The highest BCUT2D eigenvalue weighted by Gasteiger charge is 2.17. The Morgan fingerprint density at radius 2 is 2.05 bits per heavy atom. The molecule has 0 bridgehead atoms. The van der Waals surface area contributed by atoms with Gasteiger partial charge in [0, 0.05) is 18.8 Å². The summed E-state index contributed by atoms with van der Waals surface area (Å²) in [5, 5.41) is 3.38. The van der Waals surface area contributed by atoms with Crippen molar-refractivity contribution in [2.45, 2.75) is 13.3 Å². The van der Waals surface area contributed by atoms with Gasteiger partial charge in [-0.1, -0.05) is 12.7 Å². The van der Waals surface area contributed by atoms with E-state index in [1.807, 2.05) is 55.5 Å². The first kappa shape index (κ1) is 24.6. The van der Waals surface area contributed by atoms with Crippen LogP contribution in [0.1, 0.15) is 23.4 Å². The monoisotopic (exact) mass is 505 g/mol. The van der Waals surface area contributed by atoms with E-state index in [9.17, 15) is 4.79 Å². The summed E-state index contributed by atoms with van der Waals surface area (Å²) in [6.07, 6.45) is 10.5. The van der Waals surface area contributed by atoms with E-state index in [-0.39, 0.29) is 5.91 Å². The van der Waals surface area contributed by atoms with Crippen molar-refractivity contribution in [2.75, 3.05) is 18.4 Å². The number of ether oxygens (including phenoxy) is 1. The molecule has 3 N–H and O–H groups in total. The van der Waals surface area contributed by atoms with Crippen LogP contribution in [0.15, 0.2) is 79.9 Å². The van der Waals surface area contributed by atoms with E-state index in [1.54, 1.807) is 17.2 Å². The van der Waals surface area contributed by atoms with Crippen LogP contribution in [-0.2, 0) is 4.79 Å². The first-order chi connectivity index (χ1) is 18.5. The molecule has 0 aliphatic carbocycles. The zero-order valence-electron chi connectivity index (χ0n) is 21.0. The second-order valence-electron chi connectivity index (χ2n) is 8.74. The van der Waals surface area contributed by atoms with Crippen molar-refractivity contribution < 1.29 is 9.53 Å². The summed E-state index contributed by atoms with van der Waals surface area (Å²) in [5.41, 5.74) is 11.3. The first-order valence-corrected chi connectivity index (χ1v) is 12.2. The number of hydrogen-bond acceptors (Lipinski definition) is 8. The third kappa shape index (κ3) is 5.36. The highest BCUT2D eigenvalue weighted by molar-refractivity contribution is 5.89. The minimum Gasteiger partial charge on any atom is -0.455 e. The third-order valence-corrected chi connectivity index (χ3v) is 6.20. The molecular formula is C29H27N7O2. The van der Waals surface area contributed by atoms with Crippen LogP contribution in [0.25, 0.3) is 22.7 Å². The summed E-state index contributed by atoms with van der Waals surface area (Å²) < 4.78 is 6.01. The molecule has 5 rings (SSSR count). The number of nitrogens with two attached hydrogens (primary N) is 1. The molecule has 4 aromatic rings. The van der Waals surface area contributed by atoms with Crippen LogP contribution < -0.4 is 15.8 Å². The lowest BCUT2D eigenvalue weighted by atomic mass is 10.0. The number of benzene rings is 1. The Kier molecular flexibility index (Phi) is 7.08. The Labute approximate surface area is 220 Å². The molecule has 1 aromatic carbocycles. The van der Waals surface area contributed by atoms with Crippen LogP contribution in [-0.4, -0.2) is 43.8 Å². The number of carbonyl (C=O) groups is 1. The van der Waals surface area contributed by atoms with Crippen molar-refractivity contribution >= 4 is 40.1 Å². The van der Waals surface area contributed by atoms with Gasteiger partial charge in [-0.3, -0.25) is 9.78 Å². The molecule has 38 heavy (non-hydrogen) atoms. The number of fused-ring (bicyclic) bond motifs is 1. The van der Waals surface area contributed by atoms with Gasteiger partial charge in [0.15, 0.2) is 5.82 Å². The Bertz CT molecular complexity index is 1560. The minimum atomic E-state index is -0.0621. The normalized spacial score (nSPS) is 13.4. The van der Waals surface area contributed by atoms with Gasteiger partial charge in [0.25, 0.3) is 0 Å². The van der Waals surface area contributed by atoms with Crippen LogP contribution in [0.4, 0.5) is 11.5 Å². The van der Waals surface area contributed by atoms with Gasteiger partial charge < -0.3 is 20.7 Å². The summed E-state index contributed by atoms with van der Waals surface area (Å²) in [6.45, 7) is 6.71. The van der Waals surface area contributed by atoms with Crippen molar-refractivity contribution in [3.63, 3.8) is 0 Å². The predicted molar refractivity (Wildman–Crippen MR) is 149 cm³/mol. The maximum atomic E-state index is 11.9. The Hall–Kier alpha value is -5.05. The Balaban J connectivity index is 1.35. The number of pyridine rings is 2. The number of amides is 1. The van der Waals surface area contributed by atoms with Crippen molar-refractivity contribution in [2.24, 2.45) is 5.73 Å². The standard InChI is InChI=1S/C29H27N7O2/c1-3-27(37)36-14-11-20(12-15-36)24-7-8-25-28(35-24)29(33-18-32-25)34-22-5-9-26(19(2)16-22)38-23-6-4-21(10-13-30)31-17-23/h3-11,13,16-18H,1,12,14-15,30H2,2H3,(H,32,33,34). The number of hydrogen-bond donors (Lipinski definition) is 2. The minimum absolute atomic E-state index is 0.0621. The molecule has 3 aromatic heterocycles. The number of anilines is 2. The van der Waals surface area contributed by atoms with Crippen molar-refractivity contribution in [3.8, 4) is 11.5 Å². The molecule has 9 heteroatoms. The molecule has 0 saturated carbocycles. The SMILES string of the molecule is C=CC(=O)N1CC=C(c2ccc3ncnc(Nc4ccc(Oc5ccc(C=CN)nc5)c(C)c4)c3n2)CC1. The van der Waals surface area contributed by atoms with Crippen LogP contribution in [0.5, 0.6) is 11.5 Å². The van der Waals surface area contributed by atoms with Gasteiger partial charge in [-0.25, -0.2) is 15.0 Å². The van der Waals surface area contributed by atoms with E-state index in [1.165, 1.54) is 18.6 Å². The second-order valence-corrected chi connectivity index (χ2v) is 8.74. The molecular weight excluding hydrogens is 478 g/mol. The molecule has 1 aliphatic heterocycles. The number of rotatable bonds is 7. The highest BCUT2D eigenvalue weighted by Crippen LogP contribution is 2.30. The molecule has 190 valence electrons. The molecule has 1 amide bonds. The molecule has 0 atom stereocenters. The van der Waals surface area contributed by atoms with E-state index < -0.39 is 0 Å². The molecule has 9 nitrogen and oxygen atoms in total. The van der Waals surface area contributed by atoms with Gasteiger partial charge >= 0.3 is 0 Å². The van der Waals surface area contributed by atoms with Gasteiger partial charge in [-0.15, -0.1) is 0 Å². The zero-order chi connectivity index (χ0) is 26.5. The number of nitrogens with zero attached hydrogens (tertiary/aromatic N) is 5. The summed E-state index contributed by atoms with van der Waals surface area (Å²) in [7, 11) is 0. The molecule has 4 heterocycles. The van der Waals surface area contributed by atoms with Gasteiger partial charge in [-0.05, 0) is 85.3 Å². The highest BCUT2D eigenvalue weighted by atomic mass is 16.5. The average Bonchev–Trinajstić information content (AvgIpc) is 2.95. The van der Waals surface area contributed by atoms with Gasteiger partial charge in [0.1, 0.15) is 23.3 Å². The Morgan fingerprint density at radius 3 is 2.76 bits per heavy atom. The fraction of sp³-hybridized carbons (Fsp3) is 0.138. The van der Waals surface area contributed by atoms with Crippen LogP contribution in [0.3, 0.4) is 0 Å². The van der Waals surface area contributed by atoms with Gasteiger partial charge in [0.2, 0.25) is 5.91 Å². The number of nitrogens with one attached hydrogen (secondary N) is 1. The fourth-order valence-corrected chi connectivity index (χ4v) is 4.20. The average molecular weight is 506 g/mol.